The zero-order valence-corrected chi connectivity index (χ0v) is 15.1. The van der Waals surface area contributed by atoms with Crippen LogP contribution in [0.4, 0.5) is 5.82 Å². The molecule has 8 nitrogen and oxygen atoms in total. The van der Waals surface area contributed by atoms with Gasteiger partial charge in [-0.15, -0.1) is 5.10 Å². The molecule has 1 aliphatic heterocycles. The average Bonchev–Trinajstić information content (AvgIpc) is 3.26. The third-order valence-corrected chi connectivity index (χ3v) is 5.56. The number of anilines is 1. The Morgan fingerprint density at radius 3 is 2.65 bits per heavy atom. The molecule has 4 rings (SSSR count). The Morgan fingerprint density at radius 2 is 1.88 bits per heavy atom. The molecule has 8 heteroatoms. The van der Waals surface area contributed by atoms with Crippen LogP contribution in [0.2, 0.25) is 0 Å². The van der Waals surface area contributed by atoms with Crippen LogP contribution in [0.25, 0.3) is 0 Å². The molecule has 3 heterocycles. The Morgan fingerprint density at radius 1 is 1.12 bits per heavy atom. The minimum atomic E-state index is -0.260. The van der Waals surface area contributed by atoms with Crippen LogP contribution in [0.3, 0.4) is 0 Å². The van der Waals surface area contributed by atoms with Crippen LogP contribution >= 0.6 is 0 Å². The molecule has 140 valence electrons. The highest BCUT2D eigenvalue weighted by atomic mass is 16.2. The quantitative estimate of drug-likeness (QED) is 0.730. The fraction of sp³-hybridized carbons (Fsp3) is 0.667. The summed E-state index contributed by atoms with van der Waals surface area (Å²) in [5.74, 6) is 0.825. The first-order valence-corrected chi connectivity index (χ1v) is 9.79. The predicted octanol–water partition coefficient (Wildman–Crippen LogP) is 2.62. The molecule has 0 unspecified atom stereocenters. The van der Waals surface area contributed by atoms with Crippen molar-refractivity contribution in [3.05, 3.63) is 23.7 Å². The highest BCUT2D eigenvalue weighted by molar-refractivity contribution is 6.02. The Labute approximate surface area is 153 Å². The third kappa shape index (κ3) is 3.95. The van der Waals surface area contributed by atoms with E-state index in [1.807, 2.05) is 10.7 Å². The molecule has 1 aliphatic carbocycles. The highest BCUT2D eigenvalue weighted by Gasteiger charge is 2.20. The van der Waals surface area contributed by atoms with Crippen LogP contribution in [0.1, 0.15) is 79.5 Å². The monoisotopic (exact) mass is 357 g/mol. The van der Waals surface area contributed by atoms with Crippen molar-refractivity contribution in [2.75, 3.05) is 18.4 Å². The molecule has 26 heavy (non-hydrogen) atoms. The Bertz CT molecular complexity index is 723. The van der Waals surface area contributed by atoms with Gasteiger partial charge in [-0.2, -0.15) is 5.10 Å². The maximum absolute atomic E-state index is 12.5. The number of aromatic amines is 1. The van der Waals surface area contributed by atoms with E-state index in [4.69, 9.17) is 0 Å². The van der Waals surface area contributed by atoms with E-state index in [1.165, 1.54) is 38.5 Å². The van der Waals surface area contributed by atoms with E-state index in [9.17, 15) is 4.79 Å². The Balaban J connectivity index is 1.38. The average molecular weight is 357 g/mol. The molecule has 0 radical (unpaired) electrons. The largest absolute Gasteiger partial charge is 0.317 e. The van der Waals surface area contributed by atoms with Crippen molar-refractivity contribution < 1.29 is 4.79 Å². The lowest BCUT2D eigenvalue weighted by Gasteiger charge is -2.21. The van der Waals surface area contributed by atoms with Crippen LogP contribution in [-0.2, 0) is 0 Å². The summed E-state index contributed by atoms with van der Waals surface area (Å²) in [6, 6.07) is 2.28. The van der Waals surface area contributed by atoms with Gasteiger partial charge in [-0.05, 0) is 38.8 Å². The molecular weight excluding hydrogens is 330 g/mol. The third-order valence-electron chi connectivity index (χ3n) is 5.56. The zero-order chi connectivity index (χ0) is 17.8. The number of amides is 1. The van der Waals surface area contributed by atoms with E-state index >= 15 is 0 Å². The predicted molar refractivity (Wildman–Crippen MR) is 98.1 cm³/mol. The fourth-order valence-electron chi connectivity index (χ4n) is 4.01. The van der Waals surface area contributed by atoms with E-state index in [0.717, 1.165) is 31.6 Å². The second-order valence-electron chi connectivity index (χ2n) is 7.42. The molecule has 0 bridgehead atoms. The smallest absolute Gasteiger partial charge is 0.279 e. The lowest BCUT2D eigenvalue weighted by atomic mass is 9.97. The van der Waals surface area contributed by atoms with Crippen LogP contribution in [0, 0.1) is 0 Å². The summed E-state index contributed by atoms with van der Waals surface area (Å²) in [5, 5.41) is 21.7. The molecule has 2 aromatic heterocycles. The second kappa shape index (κ2) is 7.99. The molecule has 1 saturated heterocycles. The molecule has 2 aliphatic rings. The minimum absolute atomic E-state index is 0.260. The molecule has 1 saturated carbocycles. The maximum Gasteiger partial charge on any atom is 0.279 e. The van der Waals surface area contributed by atoms with Gasteiger partial charge < -0.3 is 10.6 Å². The molecule has 2 aromatic rings. The number of hydrogen-bond donors (Lipinski definition) is 3. The van der Waals surface area contributed by atoms with Gasteiger partial charge in [0.15, 0.2) is 11.5 Å². The summed E-state index contributed by atoms with van der Waals surface area (Å²) in [5.41, 5.74) is 1.46. The molecule has 0 aromatic carbocycles. The maximum atomic E-state index is 12.5. The van der Waals surface area contributed by atoms with Crippen LogP contribution in [-0.4, -0.2) is 44.2 Å². The van der Waals surface area contributed by atoms with Gasteiger partial charge >= 0.3 is 0 Å². The topological polar surface area (TPSA) is 101 Å². The highest BCUT2D eigenvalue weighted by Crippen LogP contribution is 2.31. The van der Waals surface area contributed by atoms with Gasteiger partial charge in [-0.25, -0.2) is 4.68 Å². The van der Waals surface area contributed by atoms with Gasteiger partial charge in [0, 0.05) is 17.7 Å². The lowest BCUT2D eigenvalue weighted by Crippen LogP contribution is -2.29. The van der Waals surface area contributed by atoms with Gasteiger partial charge in [0.1, 0.15) is 0 Å². The van der Waals surface area contributed by atoms with Crippen LogP contribution < -0.4 is 10.6 Å². The van der Waals surface area contributed by atoms with E-state index in [1.54, 1.807) is 6.20 Å². The molecule has 2 fully saturated rings. The number of aromatic nitrogens is 5. The van der Waals surface area contributed by atoms with Crippen LogP contribution in [0.5, 0.6) is 0 Å². The second-order valence-corrected chi connectivity index (χ2v) is 7.42. The molecule has 1 amide bonds. The summed E-state index contributed by atoms with van der Waals surface area (Å²) in [6.45, 7) is 1.95. The molecule has 0 atom stereocenters. The van der Waals surface area contributed by atoms with E-state index < -0.39 is 0 Å². The minimum Gasteiger partial charge on any atom is -0.317 e. The van der Waals surface area contributed by atoms with Gasteiger partial charge in [-0.1, -0.05) is 30.9 Å². The van der Waals surface area contributed by atoms with Gasteiger partial charge in [0.2, 0.25) is 0 Å². The zero-order valence-electron chi connectivity index (χ0n) is 15.1. The summed E-state index contributed by atoms with van der Waals surface area (Å²) in [6.07, 6.45) is 11.3. The number of nitrogens with one attached hydrogen (secondary N) is 3. The Kier molecular flexibility index (Phi) is 5.29. The molecular formula is C18H27N7O. The summed E-state index contributed by atoms with van der Waals surface area (Å²) in [4.78, 5) is 12.5. The van der Waals surface area contributed by atoms with Gasteiger partial charge in [-0.3, -0.25) is 9.89 Å². The van der Waals surface area contributed by atoms with Crippen molar-refractivity contribution >= 4 is 11.7 Å². The fourth-order valence-corrected chi connectivity index (χ4v) is 4.01. The number of piperidine rings is 1. The number of carbonyl (C=O) groups is 1. The lowest BCUT2D eigenvalue weighted by molar-refractivity contribution is 0.102. The summed E-state index contributed by atoms with van der Waals surface area (Å²) >= 11 is 0. The Hall–Kier alpha value is -2.22. The van der Waals surface area contributed by atoms with E-state index in [2.05, 4.69) is 31.1 Å². The SMILES string of the molecule is O=C(Nc1cc(C2CCCCCC2)[nH]n1)c1cn(C2CCNCC2)nn1. The molecule has 0 spiro atoms. The van der Waals surface area contributed by atoms with Crippen LogP contribution in [0.15, 0.2) is 12.3 Å². The standard InChI is InChI=1S/C18H27N7O/c26-18(16-12-25(24-22-16)14-7-9-19-10-8-14)20-17-11-15(21-23-17)13-5-3-1-2-4-6-13/h11-14,19H,1-10H2,(H2,20,21,23,26). The van der Waals surface area contributed by atoms with E-state index in [0.29, 0.717) is 23.5 Å². The number of rotatable bonds is 4. The first-order chi connectivity index (χ1) is 12.8. The summed E-state index contributed by atoms with van der Waals surface area (Å²) < 4.78 is 1.82. The van der Waals surface area contributed by atoms with Crippen molar-refractivity contribution in [2.45, 2.75) is 63.3 Å². The number of nitrogens with zero attached hydrogens (tertiary/aromatic N) is 4. The number of carbonyl (C=O) groups excluding carboxylic acids is 1. The summed E-state index contributed by atoms with van der Waals surface area (Å²) in [7, 11) is 0. The van der Waals surface area contributed by atoms with Gasteiger partial charge in [0.05, 0.1) is 12.2 Å². The van der Waals surface area contributed by atoms with Crippen molar-refractivity contribution in [3.8, 4) is 0 Å². The van der Waals surface area contributed by atoms with Crippen molar-refractivity contribution in [3.63, 3.8) is 0 Å². The van der Waals surface area contributed by atoms with E-state index in [-0.39, 0.29) is 5.91 Å². The van der Waals surface area contributed by atoms with Crippen molar-refractivity contribution in [1.29, 1.82) is 0 Å². The van der Waals surface area contributed by atoms with Gasteiger partial charge in [0.25, 0.3) is 5.91 Å². The number of hydrogen-bond acceptors (Lipinski definition) is 5. The van der Waals surface area contributed by atoms with Crippen molar-refractivity contribution in [2.24, 2.45) is 0 Å². The number of H-pyrrole nitrogens is 1. The first-order valence-electron chi connectivity index (χ1n) is 9.79. The molecule has 3 N–H and O–H groups in total. The normalized spacial score (nSPS) is 20.0. The van der Waals surface area contributed by atoms with Crippen molar-refractivity contribution in [1.82, 2.24) is 30.5 Å². The first kappa shape index (κ1) is 17.2.